The Morgan fingerprint density at radius 1 is 1.56 bits per heavy atom. The lowest BCUT2D eigenvalue weighted by Gasteiger charge is -2.20. The molecule has 0 spiro atoms. The maximum absolute atomic E-state index is 11.7. The number of nitrogens with one attached hydrogen (secondary N) is 1. The van der Waals surface area contributed by atoms with Gasteiger partial charge in [-0.2, -0.15) is 0 Å². The number of ether oxygens (including phenoxy) is 1. The van der Waals surface area contributed by atoms with Gasteiger partial charge in [0, 0.05) is 30.5 Å². The minimum Gasteiger partial charge on any atom is -0.308 e. The Hall–Kier alpha value is -0.240. The van der Waals surface area contributed by atoms with Gasteiger partial charge in [0.25, 0.3) is 0 Å². The number of hydrogen-bond acceptors (Lipinski definition) is 4. The third-order valence-corrected chi connectivity index (χ3v) is 2.64. The average Bonchev–Trinajstić information content (AvgIpc) is 2.48. The highest BCUT2D eigenvalue weighted by atomic mass is 32.1. The van der Waals surface area contributed by atoms with Crippen molar-refractivity contribution in [3.05, 3.63) is 0 Å². The van der Waals surface area contributed by atoms with Crippen LogP contribution in [0.1, 0.15) is 6.42 Å². The predicted molar refractivity (Wildman–Crippen MR) is 58.5 cm³/mol. The van der Waals surface area contributed by atoms with E-state index in [1.165, 1.54) is 0 Å². The monoisotopic (exact) mass is 256 g/mol. The number of rotatable bonds is 5. The van der Waals surface area contributed by atoms with Gasteiger partial charge in [-0.25, -0.2) is 0 Å². The first kappa shape index (κ1) is 13.8. The number of likely N-dealkylation sites (N-methyl/N-ethyl adjacent to an activating group) is 1. The molecule has 3 nitrogen and oxygen atoms in total. The lowest BCUT2D eigenvalue weighted by atomic mass is 10.2. The Balaban J connectivity index is 2.11. The van der Waals surface area contributed by atoms with E-state index in [-0.39, 0.29) is 19.2 Å². The molecule has 0 bridgehead atoms. The number of thiocarbonyl (C=S) groups is 1. The first-order valence-corrected chi connectivity index (χ1v) is 5.42. The van der Waals surface area contributed by atoms with Gasteiger partial charge in [-0.1, -0.05) is 12.2 Å². The normalized spacial score (nSPS) is 22.1. The molecule has 7 heteroatoms. The molecular formula is C9H15F3N2OS. The van der Waals surface area contributed by atoms with Gasteiger partial charge in [-0.15, -0.1) is 13.2 Å². The molecule has 1 saturated heterocycles. The Kier molecular flexibility index (Phi) is 5.10. The van der Waals surface area contributed by atoms with Gasteiger partial charge in [0.15, 0.2) is 0 Å². The molecule has 0 radical (unpaired) electrons. The van der Waals surface area contributed by atoms with Gasteiger partial charge in [-0.3, -0.25) is 4.74 Å². The summed E-state index contributed by atoms with van der Waals surface area (Å²) in [6.07, 6.45) is -3.71. The zero-order valence-corrected chi connectivity index (χ0v) is 9.83. The zero-order valence-electron chi connectivity index (χ0n) is 9.01. The van der Waals surface area contributed by atoms with Gasteiger partial charge in [-0.05, 0) is 13.5 Å². The second kappa shape index (κ2) is 5.90. The summed E-state index contributed by atoms with van der Waals surface area (Å²) in [5.74, 6) is 0. The van der Waals surface area contributed by atoms with Gasteiger partial charge in [0.05, 0.1) is 6.61 Å². The molecule has 1 aliphatic heterocycles. The van der Waals surface area contributed by atoms with E-state index < -0.39 is 6.36 Å². The fraction of sp³-hybridized carbons (Fsp3) is 0.889. The van der Waals surface area contributed by atoms with E-state index in [0.717, 1.165) is 17.8 Å². The Labute approximate surface area is 97.9 Å². The van der Waals surface area contributed by atoms with Crippen molar-refractivity contribution in [3.63, 3.8) is 0 Å². The minimum atomic E-state index is -4.53. The molecule has 1 N–H and O–H groups in total. The lowest BCUT2D eigenvalue weighted by molar-refractivity contribution is -0.324. The molecule has 0 saturated carbocycles. The third-order valence-electron chi connectivity index (χ3n) is 2.33. The lowest BCUT2D eigenvalue weighted by Crippen LogP contribution is -2.37. The summed E-state index contributed by atoms with van der Waals surface area (Å²) in [4.78, 5) is 2.78. The molecule has 0 amide bonds. The summed E-state index contributed by atoms with van der Waals surface area (Å²) >= 11 is 5.03. The summed E-state index contributed by atoms with van der Waals surface area (Å²) in [5.41, 5.74) is 0. The summed E-state index contributed by atoms with van der Waals surface area (Å²) < 4.78 is 38.8. The first-order chi connectivity index (χ1) is 7.37. The van der Waals surface area contributed by atoms with Gasteiger partial charge < -0.3 is 10.2 Å². The molecule has 0 aromatic heterocycles. The van der Waals surface area contributed by atoms with Gasteiger partial charge in [0.1, 0.15) is 0 Å². The van der Waals surface area contributed by atoms with Crippen LogP contribution in [0.5, 0.6) is 0 Å². The van der Waals surface area contributed by atoms with E-state index >= 15 is 0 Å². The molecule has 94 valence electrons. The van der Waals surface area contributed by atoms with Crippen LogP contribution in [0.25, 0.3) is 0 Å². The summed E-state index contributed by atoms with van der Waals surface area (Å²) in [7, 11) is 1.77. The van der Waals surface area contributed by atoms with E-state index in [1.807, 2.05) is 0 Å². The van der Waals surface area contributed by atoms with Crippen molar-refractivity contribution in [2.24, 2.45) is 0 Å². The molecule has 0 aromatic rings. The Bertz CT molecular complexity index is 247. The van der Waals surface area contributed by atoms with Crippen molar-refractivity contribution in [1.29, 1.82) is 0 Å². The first-order valence-electron chi connectivity index (χ1n) is 5.01. The van der Waals surface area contributed by atoms with Crippen LogP contribution in [-0.2, 0) is 4.74 Å². The van der Waals surface area contributed by atoms with Crippen LogP contribution in [0.3, 0.4) is 0 Å². The van der Waals surface area contributed by atoms with E-state index in [0.29, 0.717) is 6.54 Å². The molecule has 0 aromatic carbocycles. The molecule has 1 atom stereocenters. The smallest absolute Gasteiger partial charge is 0.308 e. The zero-order chi connectivity index (χ0) is 12.2. The van der Waals surface area contributed by atoms with Crippen LogP contribution in [0.15, 0.2) is 0 Å². The van der Waals surface area contributed by atoms with Crippen molar-refractivity contribution in [2.45, 2.75) is 18.8 Å². The molecule has 1 heterocycles. The van der Waals surface area contributed by atoms with Crippen LogP contribution < -0.4 is 5.32 Å². The Morgan fingerprint density at radius 3 is 2.75 bits per heavy atom. The average molecular weight is 256 g/mol. The quantitative estimate of drug-likeness (QED) is 0.747. The van der Waals surface area contributed by atoms with Crippen LogP contribution in [0, 0.1) is 0 Å². The summed E-state index contributed by atoms with van der Waals surface area (Å²) in [6, 6.07) is 0.253. The largest absolute Gasteiger partial charge is 0.522 e. The van der Waals surface area contributed by atoms with E-state index in [4.69, 9.17) is 12.2 Å². The maximum atomic E-state index is 11.7. The van der Waals surface area contributed by atoms with Crippen molar-refractivity contribution in [3.8, 4) is 0 Å². The van der Waals surface area contributed by atoms with Crippen LogP contribution in [0.4, 0.5) is 13.2 Å². The van der Waals surface area contributed by atoms with E-state index in [2.05, 4.69) is 10.1 Å². The van der Waals surface area contributed by atoms with Crippen LogP contribution in [-0.4, -0.2) is 55.5 Å². The SMILES string of the molecule is CN(CCOC(F)(F)F)CC1CC(=S)CN1. The number of alkyl halides is 3. The number of nitrogens with zero attached hydrogens (tertiary/aromatic N) is 1. The predicted octanol–water partition coefficient (Wildman–Crippen LogP) is 1.19. The highest BCUT2D eigenvalue weighted by Gasteiger charge is 2.29. The molecule has 1 aliphatic rings. The molecule has 1 unspecified atom stereocenters. The van der Waals surface area contributed by atoms with Crippen LogP contribution >= 0.6 is 12.2 Å². The van der Waals surface area contributed by atoms with Crippen molar-refractivity contribution in [2.75, 3.05) is 33.3 Å². The highest BCUT2D eigenvalue weighted by Crippen LogP contribution is 2.15. The summed E-state index contributed by atoms with van der Waals surface area (Å²) in [6.45, 7) is 1.33. The third kappa shape index (κ3) is 5.74. The Morgan fingerprint density at radius 2 is 2.25 bits per heavy atom. The number of halogens is 3. The van der Waals surface area contributed by atoms with E-state index in [1.54, 1.807) is 11.9 Å². The highest BCUT2D eigenvalue weighted by molar-refractivity contribution is 7.80. The molecule has 1 fully saturated rings. The molecule has 16 heavy (non-hydrogen) atoms. The van der Waals surface area contributed by atoms with Gasteiger partial charge >= 0.3 is 6.36 Å². The van der Waals surface area contributed by atoms with E-state index in [9.17, 15) is 13.2 Å². The van der Waals surface area contributed by atoms with Crippen LogP contribution in [0.2, 0.25) is 0 Å². The maximum Gasteiger partial charge on any atom is 0.522 e. The minimum absolute atomic E-state index is 0.253. The number of hydrogen-bond donors (Lipinski definition) is 1. The topological polar surface area (TPSA) is 24.5 Å². The molecular weight excluding hydrogens is 241 g/mol. The second-order valence-electron chi connectivity index (χ2n) is 3.88. The summed E-state index contributed by atoms with van der Waals surface area (Å²) in [5, 5.41) is 3.20. The molecule has 1 rings (SSSR count). The van der Waals surface area contributed by atoms with Crippen molar-refractivity contribution in [1.82, 2.24) is 10.2 Å². The van der Waals surface area contributed by atoms with Crippen molar-refractivity contribution < 1.29 is 17.9 Å². The fourth-order valence-electron chi connectivity index (χ4n) is 1.59. The standard InChI is InChI=1S/C9H15F3N2OS/c1-14(2-3-15-9(10,11)12)6-7-4-8(16)5-13-7/h7,13H,2-6H2,1H3. The second-order valence-corrected chi connectivity index (χ2v) is 4.45. The molecule has 0 aliphatic carbocycles. The fourth-order valence-corrected chi connectivity index (χ4v) is 1.88. The van der Waals surface area contributed by atoms with Crippen molar-refractivity contribution >= 4 is 17.1 Å². The van der Waals surface area contributed by atoms with Gasteiger partial charge in [0.2, 0.25) is 0 Å².